The van der Waals surface area contributed by atoms with Gasteiger partial charge in [-0.25, -0.2) is 0 Å². The molecule has 0 saturated carbocycles. The summed E-state index contributed by atoms with van der Waals surface area (Å²) in [5.74, 6) is 0.509. The van der Waals surface area contributed by atoms with E-state index in [2.05, 4.69) is 44.0 Å². The van der Waals surface area contributed by atoms with Gasteiger partial charge in [0.05, 0.1) is 0 Å². The lowest BCUT2D eigenvalue weighted by Gasteiger charge is -2.16. The molecule has 0 amide bonds. The molecule has 1 fully saturated rings. The van der Waals surface area contributed by atoms with E-state index in [-0.39, 0.29) is 6.04 Å². The highest BCUT2D eigenvalue weighted by molar-refractivity contribution is 5.33. The van der Waals surface area contributed by atoms with Crippen molar-refractivity contribution in [1.82, 2.24) is 4.90 Å². The van der Waals surface area contributed by atoms with Crippen LogP contribution in [0.2, 0.25) is 0 Å². The summed E-state index contributed by atoms with van der Waals surface area (Å²) in [5.41, 5.74) is 10.3. The highest BCUT2D eigenvalue weighted by Crippen LogP contribution is 2.26. The number of hydrogen-bond acceptors (Lipinski definition) is 2. The Bertz CT molecular complexity index is 360. The van der Waals surface area contributed by atoms with Gasteiger partial charge in [0.2, 0.25) is 0 Å². The molecule has 0 radical (unpaired) electrons. The molecule has 0 bridgehead atoms. The molecule has 0 aromatic heterocycles. The van der Waals surface area contributed by atoms with Crippen LogP contribution >= 0.6 is 0 Å². The molecule has 2 N–H and O–H groups in total. The highest BCUT2D eigenvalue weighted by Gasteiger charge is 2.28. The summed E-state index contributed by atoms with van der Waals surface area (Å²) in [6.45, 7) is 6.42. The van der Waals surface area contributed by atoms with E-state index < -0.39 is 0 Å². The molecule has 1 aliphatic rings. The van der Waals surface area contributed by atoms with Gasteiger partial charge < -0.3 is 10.6 Å². The molecule has 2 heteroatoms. The molecular formula is C13H20N2. The number of hydrogen-bond donors (Lipinski definition) is 1. The van der Waals surface area contributed by atoms with Gasteiger partial charge in [-0.15, -0.1) is 0 Å². The maximum atomic E-state index is 6.15. The summed E-state index contributed by atoms with van der Waals surface area (Å²) in [6, 6.07) is 7.01. The van der Waals surface area contributed by atoms with E-state index in [1.807, 2.05) is 0 Å². The van der Waals surface area contributed by atoms with Crippen LogP contribution in [0, 0.1) is 13.8 Å². The third-order valence-corrected chi connectivity index (χ3v) is 3.51. The van der Waals surface area contributed by atoms with E-state index in [1.54, 1.807) is 0 Å². The maximum absolute atomic E-state index is 6.15. The topological polar surface area (TPSA) is 29.3 Å². The Morgan fingerprint density at radius 1 is 1.20 bits per heavy atom. The van der Waals surface area contributed by atoms with Crippen LogP contribution in [-0.4, -0.2) is 31.1 Å². The predicted molar refractivity (Wildman–Crippen MR) is 64.1 cm³/mol. The minimum Gasteiger partial charge on any atom is -0.326 e. The lowest BCUT2D eigenvalue weighted by atomic mass is 9.92. The number of rotatable bonds is 1. The first-order valence-electron chi connectivity index (χ1n) is 5.59. The number of likely N-dealkylation sites (tertiary alicyclic amines) is 1. The second-order valence-electron chi connectivity index (χ2n) is 4.84. The van der Waals surface area contributed by atoms with Crippen LogP contribution in [0.15, 0.2) is 18.2 Å². The van der Waals surface area contributed by atoms with Gasteiger partial charge in [-0.2, -0.15) is 0 Å². The van der Waals surface area contributed by atoms with Crippen LogP contribution in [0.5, 0.6) is 0 Å². The number of nitrogens with two attached hydrogens (primary N) is 1. The van der Waals surface area contributed by atoms with Gasteiger partial charge in [-0.05, 0) is 37.6 Å². The Labute approximate surface area is 92.1 Å². The molecule has 2 rings (SSSR count). The largest absolute Gasteiger partial charge is 0.326 e. The smallest absolute Gasteiger partial charge is 0.0249 e. The van der Waals surface area contributed by atoms with Crippen LogP contribution in [0.4, 0.5) is 0 Å². The van der Waals surface area contributed by atoms with Crippen molar-refractivity contribution >= 4 is 0 Å². The van der Waals surface area contributed by atoms with Crippen molar-refractivity contribution in [2.45, 2.75) is 25.8 Å². The van der Waals surface area contributed by atoms with E-state index in [0.717, 1.165) is 13.1 Å². The normalized spacial score (nSPS) is 27.2. The Morgan fingerprint density at radius 3 is 2.47 bits per heavy atom. The van der Waals surface area contributed by atoms with Gasteiger partial charge >= 0.3 is 0 Å². The number of nitrogens with zero attached hydrogens (tertiary/aromatic N) is 1. The first-order chi connectivity index (χ1) is 7.08. The molecule has 15 heavy (non-hydrogen) atoms. The SMILES string of the molecule is Cc1ccc(C2CN(C)CC2N)cc1C. The molecule has 1 aromatic carbocycles. The van der Waals surface area contributed by atoms with E-state index in [1.165, 1.54) is 16.7 Å². The number of likely N-dealkylation sites (N-methyl/N-ethyl adjacent to an activating group) is 1. The zero-order chi connectivity index (χ0) is 11.0. The first-order valence-corrected chi connectivity index (χ1v) is 5.59. The first kappa shape index (κ1) is 10.7. The van der Waals surface area contributed by atoms with Crippen LogP contribution in [0.1, 0.15) is 22.6 Å². The van der Waals surface area contributed by atoms with Crippen molar-refractivity contribution in [2.75, 3.05) is 20.1 Å². The zero-order valence-electron chi connectivity index (χ0n) is 9.83. The summed E-state index contributed by atoms with van der Waals surface area (Å²) in [5, 5.41) is 0. The van der Waals surface area contributed by atoms with E-state index in [9.17, 15) is 0 Å². The average Bonchev–Trinajstić information content (AvgIpc) is 2.50. The van der Waals surface area contributed by atoms with E-state index in [0.29, 0.717) is 5.92 Å². The molecule has 2 nitrogen and oxygen atoms in total. The summed E-state index contributed by atoms with van der Waals surface area (Å²) in [6.07, 6.45) is 0. The van der Waals surface area contributed by atoms with E-state index in [4.69, 9.17) is 5.73 Å². The monoisotopic (exact) mass is 204 g/mol. The minimum absolute atomic E-state index is 0.289. The quantitative estimate of drug-likeness (QED) is 0.754. The summed E-state index contributed by atoms with van der Waals surface area (Å²) in [7, 11) is 2.14. The highest BCUT2D eigenvalue weighted by atomic mass is 15.1. The Kier molecular flexibility index (Phi) is 2.81. The summed E-state index contributed by atoms with van der Waals surface area (Å²) in [4.78, 5) is 2.31. The molecule has 2 unspecified atom stereocenters. The second-order valence-corrected chi connectivity index (χ2v) is 4.84. The molecule has 2 atom stereocenters. The van der Waals surface area contributed by atoms with Crippen molar-refractivity contribution < 1.29 is 0 Å². The minimum atomic E-state index is 0.289. The van der Waals surface area contributed by atoms with Crippen molar-refractivity contribution in [3.05, 3.63) is 34.9 Å². The standard InChI is InChI=1S/C13H20N2/c1-9-4-5-11(6-10(9)2)12-7-15(3)8-13(12)14/h4-6,12-13H,7-8,14H2,1-3H3. The Morgan fingerprint density at radius 2 is 1.93 bits per heavy atom. The van der Waals surface area contributed by atoms with Crippen molar-refractivity contribution in [3.8, 4) is 0 Å². The lowest BCUT2D eigenvalue weighted by Crippen LogP contribution is -2.27. The average molecular weight is 204 g/mol. The van der Waals surface area contributed by atoms with Gasteiger partial charge in [0.1, 0.15) is 0 Å². The third-order valence-electron chi connectivity index (χ3n) is 3.51. The molecule has 0 aliphatic carbocycles. The predicted octanol–water partition coefficient (Wildman–Crippen LogP) is 1.66. The van der Waals surface area contributed by atoms with Crippen molar-refractivity contribution in [3.63, 3.8) is 0 Å². The van der Waals surface area contributed by atoms with Gasteiger partial charge in [-0.3, -0.25) is 0 Å². The van der Waals surface area contributed by atoms with Gasteiger partial charge in [0, 0.05) is 25.0 Å². The molecule has 0 spiro atoms. The molecule has 82 valence electrons. The Balaban J connectivity index is 2.26. The van der Waals surface area contributed by atoms with Crippen molar-refractivity contribution in [1.29, 1.82) is 0 Å². The Hall–Kier alpha value is -0.860. The molecule has 1 aliphatic heterocycles. The van der Waals surface area contributed by atoms with Crippen LogP contribution < -0.4 is 5.73 Å². The maximum Gasteiger partial charge on any atom is 0.0249 e. The second kappa shape index (κ2) is 3.95. The van der Waals surface area contributed by atoms with Gasteiger partial charge in [0.25, 0.3) is 0 Å². The molecule has 1 saturated heterocycles. The fraction of sp³-hybridized carbons (Fsp3) is 0.538. The van der Waals surface area contributed by atoms with Crippen LogP contribution in [-0.2, 0) is 0 Å². The third kappa shape index (κ3) is 2.06. The molecule has 1 heterocycles. The summed E-state index contributed by atoms with van der Waals surface area (Å²) >= 11 is 0. The van der Waals surface area contributed by atoms with Gasteiger partial charge in [0.15, 0.2) is 0 Å². The van der Waals surface area contributed by atoms with Crippen LogP contribution in [0.3, 0.4) is 0 Å². The number of aryl methyl sites for hydroxylation is 2. The fourth-order valence-corrected chi connectivity index (χ4v) is 2.38. The fourth-order valence-electron chi connectivity index (χ4n) is 2.38. The van der Waals surface area contributed by atoms with Crippen LogP contribution in [0.25, 0.3) is 0 Å². The molecular weight excluding hydrogens is 184 g/mol. The van der Waals surface area contributed by atoms with Gasteiger partial charge in [-0.1, -0.05) is 18.2 Å². The molecule has 1 aromatic rings. The lowest BCUT2D eigenvalue weighted by molar-refractivity contribution is 0.407. The summed E-state index contributed by atoms with van der Waals surface area (Å²) < 4.78 is 0. The van der Waals surface area contributed by atoms with Crippen molar-refractivity contribution in [2.24, 2.45) is 5.73 Å². The number of benzene rings is 1. The van der Waals surface area contributed by atoms with E-state index >= 15 is 0 Å². The zero-order valence-corrected chi connectivity index (χ0v) is 9.83.